The summed E-state index contributed by atoms with van der Waals surface area (Å²) in [5, 5.41) is 2.98. The summed E-state index contributed by atoms with van der Waals surface area (Å²) in [6, 6.07) is 6.19. The van der Waals surface area contributed by atoms with E-state index >= 15 is 0 Å². The van der Waals surface area contributed by atoms with Gasteiger partial charge in [-0.25, -0.2) is 0 Å². The van der Waals surface area contributed by atoms with Crippen molar-refractivity contribution < 1.29 is 0 Å². The molecule has 0 aliphatic carbocycles. The van der Waals surface area contributed by atoms with Crippen molar-refractivity contribution in [2.24, 2.45) is 0 Å². The van der Waals surface area contributed by atoms with Crippen LogP contribution < -0.4 is 0 Å². The highest BCUT2D eigenvalue weighted by Crippen LogP contribution is 2.27. The van der Waals surface area contributed by atoms with Gasteiger partial charge in [0.15, 0.2) is 0 Å². The van der Waals surface area contributed by atoms with Gasteiger partial charge in [-0.1, -0.05) is 31.5 Å². The van der Waals surface area contributed by atoms with E-state index in [1.54, 1.807) is 6.20 Å². The molecule has 1 nitrogen and oxygen atoms in total. The van der Waals surface area contributed by atoms with Gasteiger partial charge in [-0.3, -0.25) is 4.98 Å². The maximum atomic E-state index is 6.17. The van der Waals surface area contributed by atoms with Gasteiger partial charge in [0.25, 0.3) is 0 Å². The van der Waals surface area contributed by atoms with E-state index in [0.29, 0.717) is 5.92 Å². The predicted molar refractivity (Wildman–Crippen MR) is 60.8 cm³/mol. The first kappa shape index (κ1) is 9.47. The molecule has 2 aromatic rings. The first-order valence-corrected chi connectivity index (χ1v) is 5.09. The smallest absolute Gasteiger partial charge is 0.0502 e. The third-order valence-electron chi connectivity index (χ3n) is 2.39. The summed E-state index contributed by atoms with van der Waals surface area (Å²) >= 11 is 6.17. The molecule has 0 atom stereocenters. The number of nitrogens with zero attached hydrogens (tertiary/aromatic N) is 1. The van der Waals surface area contributed by atoms with Crippen LogP contribution in [0.15, 0.2) is 30.6 Å². The van der Waals surface area contributed by atoms with Gasteiger partial charge in [-0.2, -0.15) is 0 Å². The normalized spacial score (nSPS) is 11.1. The van der Waals surface area contributed by atoms with Crippen LogP contribution in [0.4, 0.5) is 0 Å². The molecule has 0 bridgehead atoms. The molecule has 0 aliphatic heterocycles. The average Bonchev–Trinajstić information content (AvgIpc) is 2.17. The molecule has 0 spiro atoms. The molecule has 2 rings (SSSR count). The van der Waals surface area contributed by atoms with E-state index in [1.165, 1.54) is 5.56 Å². The van der Waals surface area contributed by atoms with Gasteiger partial charge in [-0.15, -0.1) is 0 Å². The fraction of sp³-hybridized carbons (Fsp3) is 0.250. The van der Waals surface area contributed by atoms with E-state index in [1.807, 2.05) is 18.3 Å². The maximum absolute atomic E-state index is 6.17. The van der Waals surface area contributed by atoms with Crippen molar-refractivity contribution in [3.63, 3.8) is 0 Å². The van der Waals surface area contributed by atoms with Crippen LogP contribution in [-0.2, 0) is 0 Å². The monoisotopic (exact) mass is 205 g/mol. The molecular formula is C12H12ClN. The van der Waals surface area contributed by atoms with Crippen LogP contribution >= 0.6 is 11.6 Å². The lowest BCUT2D eigenvalue weighted by Gasteiger charge is -2.08. The number of benzene rings is 1. The number of hydrogen-bond donors (Lipinski definition) is 0. The number of pyridine rings is 1. The van der Waals surface area contributed by atoms with Gasteiger partial charge < -0.3 is 0 Å². The molecule has 0 radical (unpaired) electrons. The van der Waals surface area contributed by atoms with Gasteiger partial charge in [0.2, 0.25) is 0 Å². The third kappa shape index (κ3) is 1.60. The lowest BCUT2D eigenvalue weighted by molar-refractivity contribution is 0.869. The zero-order valence-electron chi connectivity index (χ0n) is 8.29. The number of hydrogen-bond acceptors (Lipinski definition) is 1. The Morgan fingerprint density at radius 3 is 2.79 bits per heavy atom. The zero-order valence-corrected chi connectivity index (χ0v) is 9.05. The van der Waals surface area contributed by atoms with Crippen LogP contribution in [0.25, 0.3) is 10.8 Å². The summed E-state index contributed by atoms with van der Waals surface area (Å²) in [6.45, 7) is 4.33. The lowest BCUT2D eigenvalue weighted by atomic mass is 10.0. The van der Waals surface area contributed by atoms with E-state index in [0.717, 1.165) is 15.8 Å². The summed E-state index contributed by atoms with van der Waals surface area (Å²) in [6.07, 6.45) is 3.60. The van der Waals surface area contributed by atoms with Crippen LogP contribution in [0.3, 0.4) is 0 Å². The third-order valence-corrected chi connectivity index (χ3v) is 2.71. The minimum Gasteiger partial charge on any atom is -0.264 e. The zero-order chi connectivity index (χ0) is 10.1. The number of halogens is 1. The first-order valence-electron chi connectivity index (χ1n) is 4.71. The Morgan fingerprint density at radius 1 is 1.29 bits per heavy atom. The van der Waals surface area contributed by atoms with Crippen LogP contribution in [0.2, 0.25) is 5.02 Å². The first-order chi connectivity index (χ1) is 6.68. The molecule has 1 heterocycles. The summed E-state index contributed by atoms with van der Waals surface area (Å²) in [4.78, 5) is 4.06. The fourth-order valence-electron chi connectivity index (χ4n) is 1.51. The minimum atomic E-state index is 0.505. The van der Waals surface area contributed by atoms with E-state index in [4.69, 9.17) is 11.6 Å². The van der Waals surface area contributed by atoms with Crippen molar-refractivity contribution in [1.82, 2.24) is 4.98 Å². The van der Waals surface area contributed by atoms with Gasteiger partial charge in [0.05, 0.1) is 5.02 Å². The number of rotatable bonds is 1. The standard InChI is InChI=1S/C12H12ClN/c1-8(2)10-5-9-3-4-14-7-11(9)12(13)6-10/h3-8H,1-2H3. The Morgan fingerprint density at radius 2 is 2.07 bits per heavy atom. The van der Waals surface area contributed by atoms with E-state index in [9.17, 15) is 0 Å². The SMILES string of the molecule is CC(C)c1cc(Cl)c2cnccc2c1. The maximum Gasteiger partial charge on any atom is 0.0502 e. The largest absolute Gasteiger partial charge is 0.264 e. The average molecular weight is 206 g/mol. The Labute approximate surface area is 88.7 Å². The number of aromatic nitrogens is 1. The Kier molecular flexibility index (Phi) is 2.42. The molecule has 2 heteroatoms. The van der Waals surface area contributed by atoms with Gasteiger partial charge in [0.1, 0.15) is 0 Å². The van der Waals surface area contributed by atoms with Crippen molar-refractivity contribution in [3.05, 3.63) is 41.2 Å². The van der Waals surface area contributed by atoms with Crippen LogP contribution in [-0.4, -0.2) is 4.98 Å². The molecule has 0 fully saturated rings. The van der Waals surface area contributed by atoms with Crippen LogP contribution in [0.1, 0.15) is 25.3 Å². The molecule has 0 unspecified atom stereocenters. The van der Waals surface area contributed by atoms with Gasteiger partial charge in [-0.05, 0) is 29.0 Å². The quantitative estimate of drug-likeness (QED) is 0.686. The fourth-order valence-corrected chi connectivity index (χ4v) is 1.79. The van der Waals surface area contributed by atoms with Crippen molar-refractivity contribution in [3.8, 4) is 0 Å². The highest BCUT2D eigenvalue weighted by Gasteiger charge is 2.04. The number of fused-ring (bicyclic) bond motifs is 1. The van der Waals surface area contributed by atoms with E-state index < -0.39 is 0 Å². The molecule has 0 aliphatic rings. The van der Waals surface area contributed by atoms with Crippen molar-refractivity contribution in [2.75, 3.05) is 0 Å². The second kappa shape index (κ2) is 3.58. The second-order valence-corrected chi connectivity index (χ2v) is 4.16. The Hall–Kier alpha value is -1.08. The molecule has 72 valence electrons. The van der Waals surface area contributed by atoms with E-state index in [-0.39, 0.29) is 0 Å². The molecule has 0 N–H and O–H groups in total. The molecule has 1 aromatic carbocycles. The topological polar surface area (TPSA) is 12.9 Å². The Bertz CT molecular complexity index is 463. The van der Waals surface area contributed by atoms with Crippen molar-refractivity contribution in [1.29, 1.82) is 0 Å². The van der Waals surface area contributed by atoms with Crippen LogP contribution in [0.5, 0.6) is 0 Å². The minimum absolute atomic E-state index is 0.505. The van der Waals surface area contributed by atoms with Crippen LogP contribution in [0, 0.1) is 0 Å². The molecule has 0 saturated carbocycles. The molecule has 0 saturated heterocycles. The molecule has 0 amide bonds. The summed E-state index contributed by atoms with van der Waals surface area (Å²) in [5.74, 6) is 0.505. The highest BCUT2D eigenvalue weighted by atomic mass is 35.5. The van der Waals surface area contributed by atoms with Crippen molar-refractivity contribution >= 4 is 22.4 Å². The highest BCUT2D eigenvalue weighted by molar-refractivity contribution is 6.35. The predicted octanol–water partition coefficient (Wildman–Crippen LogP) is 4.01. The molecular weight excluding hydrogens is 194 g/mol. The second-order valence-electron chi connectivity index (χ2n) is 3.75. The van der Waals surface area contributed by atoms with Gasteiger partial charge >= 0.3 is 0 Å². The summed E-state index contributed by atoms with van der Waals surface area (Å²) in [5.41, 5.74) is 1.27. The summed E-state index contributed by atoms with van der Waals surface area (Å²) in [7, 11) is 0. The van der Waals surface area contributed by atoms with E-state index in [2.05, 4.69) is 24.9 Å². The van der Waals surface area contributed by atoms with Gasteiger partial charge in [0, 0.05) is 17.8 Å². The van der Waals surface area contributed by atoms with Crippen molar-refractivity contribution in [2.45, 2.75) is 19.8 Å². The lowest BCUT2D eigenvalue weighted by Crippen LogP contribution is -1.88. The molecule has 14 heavy (non-hydrogen) atoms. The Balaban J connectivity index is 2.72. The molecule has 1 aromatic heterocycles. The summed E-state index contributed by atoms with van der Waals surface area (Å²) < 4.78 is 0.